The Labute approximate surface area is 107 Å². The number of allylic oxidation sites excluding steroid dienone is 1. The molecule has 0 N–H and O–H groups in total. The fraction of sp³-hybridized carbons (Fsp3) is 0.235. The van der Waals surface area contributed by atoms with Gasteiger partial charge in [0.25, 0.3) is 0 Å². The predicted octanol–water partition coefficient (Wildman–Crippen LogP) is 4.08. The zero-order valence-electron chi connectivity index (χ0n) is 10.8. The molecule has 0 heterocycles. The summed E-state index contributed by atoms with van der Waals surface area (Å²) in [5, 5.41) is 2.36. The number of carbonyl (C=O) groups excluding carboxylic acids is 1. The van der Waals surface area contributed by atoms with Gasteiger partial charge in [0, 0.05) is 11.5 Å². The lowest BCUT2D eigenvalue weighted by atomic mass is 9.79. The molecule has 0 aromatic heterocycles. The van der Waals surface area contributed by atoms with Gasteiger partial charge in [-0.15, -0.1) is 0 Å². The Bertz CT molecular complexity index is 679. The maximum Gasteiger partial charge on any atom is 0.170 e. The van der Waals surface area contributed by atoms with Crippen molar-refractivity contribution in [3.8, 4) is 0 Å². The van der Waals surface area contributed by atoms with Gasteiger partial charge in [0.1, 0.15) is 0 Å². The number of hydrogen-bond donors (Lipinski definition) is 0. The number of Topliss-reactive ketones (excluding diaryl/α,β-unsaturated/α-hetero) is 1. The van der Waals surface area contributed by atoms with Crippen molar-refractivity contribution in [2.75, 3.05) is 0 Å². The van der Waals surface area contributed by atoms with Gasteiger partial charge >= 0.3 is 0 Å². The summed E-state index contributed by atoms with van der Waals surface area (Å²) in [4.78, 5) is 12.3. The third-order valence-electron chi connectivity index (χ3n) is 3.91. The van der Waals surface area contributed by atoms with E-state index in [9.17, 15) is 4.79 Å². The minimum absolute atomic E-state index is 0.0413. The highest BCUT2D eigenvalue weighted by Crippen LogP contribution is 2.31. The highest BCUT2D eigenvalue weighted by molar-refractivity contribution is 6.05. The summed E-state index contributed by atoms with van der Waals surface area (Å²) in [6, 6.07) is 10.5. The van der Waals surface area contributed by atoms with Crippen LogP contribution in [0.1, 0.15) is 28.4 Å². The molecule has 18 heavy (non-hydrogen) atoms. The highest BCUT2D eigenvalue weighted by atomic mass is 16.1. The number of ketones is 1. The van der Waals surface area contributed by atoms with E-state index in [4.69, 9.17) is 0 Å². The van der Waals surface area contributed by atoms with E-state index in [1.165, 1.54) is 10.9 Å². The second-order valence-electron chi connectivity index (χ2n) is 5.28. The molecule has 0 amide bonds. The van der Waals surface area contributed by atoms with Gasteiger partial charge in [0.05, 0.1) is 0 Å². The minimum atomic E-state index is -0.0413. The number of aryl methyl sites for hydroxylation is 1. The molecule has 1 unspecified atom stereocenters. The van der Waals surface area contributed by atoms with Gasteiger partial charge in [-0.2, -0.15) is 0 Å². The van der Waals surface area contributed by atoms with E-state index < -0.39 is 0 Å². The molecule has 1 heteroatoms. The third-order valence-corrected chi connectivity index (χ3v) is 3.91. The summed E-state index contributed by atoms with van der Waals surface area (Å²) in [5.74, 6) is 0.170. The summed E-state index contributed by atoms with van der Waals surface area (Å²) in [5.41, 5.74) is 4.28. The van der Waals surface area contributed by atoms with Crippen molar-refractivity contribution in [1.29, 1.82) is 0 Å². The van der Waals surface area contributed by atoms with Crippen LogP contribution in [-0.2, 0) is 6.42 Å². The molecule has 1 aliphatic rings. The first-order valence-corrected chi connectivity index (χ1v) is 6.31. The average molecular weight is 236 g/mol. The van der Waals surface area contributed by atoms with Crippen molar-refractivity contribution in [1.82, 2.24) is 0 Å². The quantitative estimate of drug-likeness (QED) is 0.630. The SMILES string of the molecule is C=C1Cc2cc3cc(C)ccc3cc2C(=O)C1C. The molecule has 0 bridgehead atoms. The van der Waals surface area contributed by atoms with Crippen molar-refractivity contribution in [2.45, 2.75) is 20.3 Å². The van der Waals surface area contributed by atoms with Crippen LogP contribution in [0.5, 0.6) is 0 Å². The lowest BCUT2D eigenvalue weighted by Gasteiger charge is -2.23. The molecule has 2 aromatic rings. The average Bonchev–Trinajstić information content (AvgIpc) is 2.34. The van der Waals surface area contributed by atoms with Crippen LogP contribution in [-0.4, -0.2) is 5.78 Å². The number of fused-ring (bicyclic) bond motifs is 2. The van der Waals surface area contributed by atoms with E-state index in [0.29, 0.717) is 0 Å². The van der Waals surface area contributed by atoms with Gasteiger partial charge in [-0.1, -0.05) is 48.9 Å². The van der Waals surface area contributed by atoms with E-state index in [2.05, 4.69) is 37.8 Å². The van der Waals surface area contributed by atoms with Gasteiger partial charge in [-0.25, -0.2) is 0 Å². The van der Waals surface area contributed by atoms with Gasteiger partial charge in [-0.3, -0.25) is 4.79 Å². The Morgan fingerprint density at radius 1 is 1.17 bits per heavy atom. The minimum Gasteiger partial charge on any atom is -0.294 e. The highest BCUT2D eigenvalue weighted by Gasteiger charge is 2.26. The monoisotopic (exact) mass is 236 g/mol. The van der Waals surface area contributed by atoms with Gasteiger partial charge < -0.3 is 0 Å². The summed E-state index contributed by atoms with van der Waals surface area (Å²) < 4.78 is 0. The van der Waals surface area contributed by atoms with Crippen LogP contribution >= 0.6 is 0 Å². The smallest absolute Gasteiger partial charge is 0.170 e. The van der Waals surface area contributed by atoms with Crippen LogP contribution in [0.25, 0.3) is 10.8 Å². The molecule has 0 fully saturated rings. The van der Waals surface area contributed by atoms with Crippen LogP contribution in [0.15, 0.2) is 42.5 Å². The molecule has 3 rings (SSSR count). The van der Waals surface area contributed by atoms with Crippen LogP contribution in [0, 0.1) is 12.8 Å². The molecule has 0 radical (unpaired) electrons. The Morgan fingerprint density at radius 3 is 2.72 bits per heavy atom. The summed E-state index contributed by atoms with van der Waals surface area (Å²) in [7, 11) is 0. The second-order valence-corrected chi connectivity index (χ2v) is 5.28. The molecule has 0 aliphatic heterocycles. The number of hydrogen-bond acceptors (Lipinski definition) is 1. The van der Waals surface area contributed by atoms with Crippen LogP contribution in [0.4, 0.5) is 0 Å². The lowest BCUT2D eigenvalue weighted by molar-refractivity contribution is 0.0940. The standard InChI is InChI=1S/C17H16O/c1-10-4-5-13-9-16-15(8-14(13)6-10)7-11(2)12(3)17(16)18/h4-6,8-9,12H,2,7H2,1,3H3. The summed E-state index contributed by atoms with van der Waals surface area (Å²) in [6.07, 6.45) is 0.826. The zero-order valence-corrected chi connectivity index (χ0v) is 10.8. The molecular weight excluding hydrogens is 220 g/mol. The van der Waals surface area contributed by atoms with E-state index in [1.807, 2.05) is 13.0 Å². The van der Waals surface area contributed by atoms with E-state index in [-0.39, 0.29) is 11.7 Å². The van der Waals surface area contributed by atoms with Crippen LogP contribution in [0.3, 0.4) is 0 Å². The van der Waals surface area contributed by atoms with Crippen molar-refractivity contribution >= 4 is 16.6 Å². The van der Waals surface area contributed by atoms with E-state index in [1.54, 1.807) is 0 Å². The van der Waals surface area contributed by atoms with Crippen molar-refractivity contribution in [2.24, 2.45) is 5.92 Å². The zero-order chi connectivity index (χ0) is 12.9. The molecule has 2 aromatic carbocycles. The predicted molar refractivity (Wildman–Crippen MR) is 75.0 cm³/mol. The van der Waals surface area contributed by atoms with Gasteiger partial charge in [0.15, 0.2) is 5.78 Å². The molecule has 1 atom stereocenters. The number of carbonyl (C=O) groups is 1. The second kappa shape index (κ2) is 3.81. The maximum absolute atomic E-state index is 12.3. The van der Waals surface area contributed by atoms with Crippen LogP contribution < -0.4 is 0 Å². The number of benzene rings is 2. The maximum atomic E-state index is 12.3. The molecule has 1 aliphatic carbocycles. The third kappa shape index (κ3) is 1.59. The first-order chi connectivity index (χ1) is 8.56. The Hall–Kier alpha value is -1.89. The Kier molecular flexibility index (Phi) is 2.37. The first-order valence-electron chi connectivity index (χ1n) is 6.31. The fourth-order valence-electron chi connectivity index (χ4n) is 2.66. The lowest BCUT2D eigenvalue weighted by Crippen LogP contribution is -2.22. The molecule has 0 saturated carbocycles. The normalized spacial score (nSPS) is 19.1. The topological polar surface area (TPSA) is 17.1 Å². The molecule has 90 valence electrons. The van der Waals surface area contributed by atoms with Gasteiger partial charge in [0.2, 0.25) is 0 Å². The fourth-order valence-corrected chi connectivity index (χ4v) is 2.66. The molecular formula is C17H16O. The summed E-state index contributed by atoms with van der Waals surface area (Å²) >= 11 is 0. The molecule has 1 nitrogen and oxygen atoms in total. The Morgan fingerprint density at radius 2 is 1.94 bits per heavy atom. The van der Waals surface area contributed by atoms with E-state index in [0.717, 1.165) is 28.5 Å². The largest absolute Gasteiger partial charge is 0.294 e. The molecule has 0 saturated heterocycles. The number of rotatable bonds is 0. The van der Waals surface area contributed by atoms with Crippen molar-refractivity contribution in [3.63, 3.8) is 0 Å². The van der Waals surface area contributed by atoms with Gasteiger partial charge in [-0.05, 0) is 35.7 Å². The Balaban J connectivity index is 2.27. The van der Waals surface area contributed by atoms with Crippen LogP contribution in [0.2, 0.25) is 0 Å². The first kappa shape index (κ1) is 11.2. The summed E-state index contributed by atoms with van der Waals surface area (Å²) in [6.45, 7) is 8.06. The van der Waals surface area contributed by atoms with Crippen molar-refractivity contribution < 1.29 is 4.79 Å². The van der Waals surface area contributed by atoms with E-state index >= 15 is 0 Å². The van der Waals surface area contributed by atoms with Crippen molar-refractivity contribution in [3.05, 3.63) is 59.2 Å². The molecule has 0 spiro atoms.